The number of carbonyl (C=O) groups excluding carboxylic acids is 1. The van der Waals surface area contributed by atoms with Crippen LogP contribution < -0.4 is 5.32 Å². The SMILES string of the molecule is Cl.O=Cc1cccc(I)c1C1=NCCCN1. The number of aldehydes is 1. The largest absolute Gasteiger partial charge is 0.370 e. The van der Waals surface area contributed by atoms with E-state index < -0.39 is 0 Å². The number of hydrogen-bond acceptors (Lipinski definition) is 3. The zero-order valence-electron chi connectivity index (χ0n) is 8.57. The molecule has 0 fully saturated rings. The van der Waals surface area contributed by atoms with Crippen molar-refractivity contribution in [1.29, 1.82) is 0 Å². The summed E-state index contributed by atoms with van der Waals surface area (Å²) in [5.41, 5.74) is 1.64. The second kappa shape index (κ2) is 6.20. The average molecular weight is 351 g/mol. The van der Waals surface area contributed by atoms with Crippen molar-refractivity contribution in [3.63, 3.8) is 0 Å². The van der Waals surface area contributed by atoms with Crippen molar-refractivity contribution in [2.75, 3.05) is 13.1 Å². The normalized spacial score (nSPS) is 14.4. The van der Waals surface area contributed by atoms with E-state index in [0.29, 0.717) is 5.56 Å². The maximum absolute atomic E-state index is 10.9. The van der Waals surface area contributed by atoms with Crippen molar-refractivity contribution < 1.29 is 4.79 Å². The summed E-state index contributed by atoms with van der Waals surface area (Å²) in [5, 5.41) is 3.24. The molecule has 0 aliphatic carbocycles. The van der Waals surface area contributed by atoms with Crippen LogP contribution in [0.3, 0.4) is 0 Å². The molecule has 0 aromatic heterocycles. The van der Waals surface area contributed by atoms with Crippen molar-refractivity contribution in [1.82, 2.24) is 5.32 Å². The van der Waals surface area contributed by atoms with Crippen LogP contribution >= 0.6 is 35.0 Å². The van der Waals surface area contributed by atoms with E-state index in [1.54, 1.807) is 0 Å². The molecule has 1 aromatic carbocycles. The van der Waals surface area contributed by atoms with Gasteiger partial charge in [-0.3, -0.25) is 9.79 Å². The molecule has 0 saturated carbocycles. The number of carbonyl (C=O) groups is 1. The van der Waals surface area contributed by atoms with E-state index in [0.717, 1.165) is 40.8 Å². The van der Waals surface area contributed by atoms with Crippen LogP contribution in [0.4, 0.5) is 0 Å². The minimum absolute atomic E-state index is 0. The zero-order valence-corrected chi connectivity index (χ0v) is 11.5. The molecule has 0 radical (unpaired) electrons. The van der Waals surface area contributed by atoms with Gasteiger partial charge < -0.3 is 5.32 Å². The Hall–Kier alpha value is -0.620. The van der Waals surface area contributed by atoms with E-state index in [1.165, 1.54) is 0 Å². The van der Waals surface area contributed by atoms with Gasteiger partial charge in [0.1, 0.15) is 5.84 Å². The standard InChI is InChI=1S/C11H11IN2O.ClH/c12-9-4-1-3-8(7-15)10(9)11-13-5-2-6-14-11;/h1,3-4,7H,2,5-6H2,(H,13,14);1H. The number of rotatable bonds is 2. The van der Waals surface area contributed by atoms with E-state index in [-0.39, 0.29) is 12.4 Å². The summed E-state index contributed by atoms with van der Waals surface area (Å²) in [6, 6.07) is 5.70. The second-order valence-electron chi connectivity index (χ2n) is 3.33. The number of hydrogen-bond donors (Lipinski definition) is 1. The number of halogens is 2. The third-order valence-corrected chi connectivity index (χ3v) is 3.21. The van der Waals surface area contributed by atoms with Gasteiger partial charge in [0.25, 0.3) is 0 Å². The second-order valence-corrected chi connectivity index (χ2v) is 4.49. The molecule has 86 valence electrons. The fourth-order valence-electron chi connectivity index (χ4n) is 1.59. The maximum atomic E-state index is 10.9. The van der Waals surface area contributed by atoms with Crippen LogP contribution in [-0.4, -0.2) is 25.2 Å². The molecular weight excluding hydrogens is 338 g/mol. The lowest BCUT2D eigenvalue weighted by molar-refractivity contribution is 0.112. The lowest BCUT2D eigenvalue weighted by Crippen LogP contribution is -2.31. The fourth-order valence-corrected chi connectivity index (χ4v) is 2.36. The molecular formula is C11H12ClIN2O. The fraction of sp³-hybridized carbons (Fsp3) is 0.273. The highest BCUT2D eigenvalue weighted by Crippen LogP contribution is 2.17. The smallest absolute Gasteiger partial charge is 0.150 e. The van der Waals surface area contributed by atoms with Gasteiger partial charge in [-0.25, -0.2) is 0 Å². The van der Waals surface area contributed by atoms with Gasteiger partial charge in [-0.1, -0.05) is 12.1 Å². The highest BCUT2D eigenvalue weighted by atomic mass is 127. The van der Waals surface area contributed by atoms with Gasteiger partial charge in [-0.15, -0.1) is 12.4 Å². The number of nitrogens with zero attached hydrogens (tertiary/aromatic N) is 1. The topological polar surface area (TPSA) is 41.5 Å². The summed E-state index contributed by atoms with van der Waals surface area (Å²) < 4.78 is 1.06. The average Bonchev–Trinajstić information content (AvgIpc) is 2.29. The Morgan fingerprint density at radius 1 is 1.44 bits per heavy atom. The molecule has 1 N–H and O–H groups in total. The summed E-state index contributed by atoms with van der Waals surface area (Å²) >= 11 is 2.23. The van der Waals surface area contributed by atoms with Crippen LogP contribution in [0, 0.1) is 3.57 Å². The number of amidine groups is 1. The quantitative estimate of drug-likeness (QED) is 0.657. The summed E-state index contributed by atoms with van der Waals surface area (Å²) in [7, 11) is 0. The Labute approximate surface area is 114 Å². The van der Waals surface area contributed by atoms with Crippen LogP contribution in [0.1, 0.15) is 22.3 Å². The van der Waals surface area contributed by atoms with E-state index in [4.69, 9.17) is 0 Å². The van der Waals surface area contributed by atoms with Crippen molar-refractivity contribution in [3.8, 4) is 0 Å². The zero-order chi connectivity index (χ0) is 10.7. The van der Waals surface area contributed by atoms with E-state index in [1.807, 2.05) is 18.2 Å². The monoisotopic (exact) mass is 350 g/mol. The van der Waals surface area contributed by atoms with Crippen molar-refractivity contribution in [2.24, 2.45) is 4.99 Å². The molecule has 5 heteroatoms. The molecule has 0 amide bonds. The summed E-state index contributed by atoms with van der Waals surface area (Å²) in [4.78, 5) is 15.3. The van der Waals surface area contributed by atoms with Gasteiger partial charge >= 0.3 is 0 Å². The Balaban J connectivity index is 0.00000128. The highest BCUT2D eigenvalue weighted by molar-refractivity contribution is 14.1. The summed E-state index contributed by atoms with van der Waals surface area (Å²) in [6.45, 7) is 1.77. The van der Waals surface area contributed by atoms with E-state index in [2.05, 4.69) is 32.9 Å². The molecule has 0 unspecified atom stereocenters. The van der Waals surface area contributed by atoms with Gasteiger partial charge in [-0.2, -0.15) is 0 Å². The molecule has 16 heavy (non-hydrogen) atoms. The van der Waals surface area contributed by atoms with Gasteiger partial charge in [0, 0.05) is 27.8 Å². The van der Waals surface area contributed by atoms with Gasteiger partial charge in [-0.05, 0) is 35.1 Å². The molecule has 1 aliphatic rings. The highest BCUT2D eigenvalue weighted by Gasteiger charge is 2.14. The predicted molar refractivity (Wildman–Crippen MR) is 75.8 cm³/mol. The van der Waals surface area contributed by atoms with Crippen LogP contribution in [0.25, 0.3) is 0 Å². The number of nitrogens with one attached hydrogen (secondary N) is 1. The molecule has 3 nitrogen and oxygen atoms in total. The lowest BCUT2D eigenvalue weighted by Gasteiger charge is -2.17. The van der Waals surface area contributed by atoms with Crippen LogP contribution in [-0.2, 0) is 0 Å². The minimum atomic E-state index is 0. The van der Waals surface area contributed by atoms with E-state index >= 15 is 0 Å². The first-order valence-corrected chi connectivity index (χ1v) is 5.93. The van der Waals surface area contributed by atoms with Crippen LogP contribution in [0.15, 0.2) is 23.2 Å². The van der Waals surface area contributed by atoms with Crippen LogP contribution in [0.2, 0.25) is 0 Å². The molecule has 0 saturated heterocycles. The Bertz CT molecular complexity index is 420. The first-order valence-electron chi connectivity index (χ1n) is 4.85. The van der Waals surface area contributed by atoms with E-state index in [9.17, 15) is 4.79 Å². The molecule has 0 spiro atoms. The van der Waals surface area contributed by atoms with Crippen molar-refractivity contribution >= 4 is 47.1 Å². The predicted octanol–water partition coefficient (Wildman–Crippen LogP) is 2.27. The van der Waals surface area contributed by atoms with Crippen LogP contribution in [0.5, 0.6) is 0 Å². The van der Waals surface area contributed by atoms with Gasteiger partial charge in [0.15, 0.2) is 6.29 Å². The molecule has 0 bridgehead atoms. The third-order valence-electron chi connectivity index (χ3n) is 2.31. The first-order chi connectivity index (χ1) is 7.33. The maximum Gasteiger partial charge on any atom is 0.150 e. The Morgan fingerprint density at radius 2 is 2.25 bits per heavy atom. The molecule has 0 atom stereocenters. The van der Waals surface area contributed by atoms with Gasteiger partial charge in [0.05, 0.1) is 0 Å². The molecule has 1 heterocycles. The molecule has 1 aliphatic heterocycles. The summed E-state index contributed by atoms with van der Waals surface area (Å²) in [6.07, 6.45) is 1.94. The molecule has 2 rings (SSSR count). The minimum Gasteiger partial charge on any atom is -0.370 e. The Morgan fingerprint density at radius 3 is 2.88 bits per heavy atom. The number of benzene rings is 1. The lowest BCUT2D eigenvalue weighted by atomic mass is 10.1. The van der Waals surface area contributed by atoms with Gasteiger partial charge in [0.2, 0.25) is 0 Å². The Kier molecular flexibility index (Phi) is 5.21. The first kappa shape index (κ1) is 13.4. The van der Waals surface area contributed by atoms with Crippen molar-refractivity contribution in [2.45, 2.75) is 6.42 Å². The number of aliphatic imine (C=N–C) groups is 1. The summed E-state index contributed by atoms with van der Waals surface area (Å²) in [5.74, 6) is 0.855. The third kappa shape index (κ3) is 2.74. The molecule has 1 aromatic rings. The van der Waals surface area contributed by atoms with Crippen molar-refractivity contribution in [3.05, 3.63) is 32.9 Å².